The van der Waals surface area contributed by atoms with E-state index >= 15 is 0 Å². The lowest BCUT2D eigenvalue weighted by Gasteiger charge is -2.20. The molecule has 0 heterocycles. The van der Waals surface area contributed by atoms with Crippen molar-refractivity contribution in [2.24, 2.45) is 0 Å². The first-order valence-corrected chi connectivity index (χ1v) is 7.44. The third-order valence-electron chi connectivity index (χ3n) is 3.80. The Morgan fingerprint density at radius 1 is 1.16 bits per heavy atom. The highest BCUT2D eigenvalue weighted by molar-refractivity contribution is 6.02. The summed E-state index contributed by atoms with van der Waals surface area (Å²) in [7, 11) is 0. The number of hydrogen-bond acceptors (Lipinski definition) is 1. The number of carbonyl (C=O) groups excluding carboxylic acids is 1. The molecule has 0 aromatic heterocycles. The molecule has 0 unspecified atom stereocenters. The summed E-state index contributed by atoms with van der Waals surface area (Å²) in [6.07, 6.45) is 6.05. The number of rotatable bonds is 5. The number of ketones is 1. The van der Waals surface area contributed by atoms with Crippen LogP contribution in [0.15, 0.2) is 30.3 Å². The van der Waals surface area contributed by atoms with Gasteiger partial charge in [0.1, 0.15) is 12.3 Å². The Balaban J connectivity index is 1.98. The minimum atomic E-state index is 0.371. The summed E-state index contributed by atoms with van der Waals surface area (Å²) < 4.78 is 0. The van der Waals surface area contributed by atoms with E-state index in [-0.39, 0.29) is 0 Å². The van der Waals surface area contributed by atoms with E-state index in [1.165, 1.54) is 30.5 Å². The van der Waals surface area contributed by atoms with E-state index < -0.39 is 0 Å². The lowest BCUT2D eigenvalue weighted by molar-refractivity contribution is -0.460. The van der Waals surface area contributed by atoms with Crippen LogP contribution in [0.1, 0.15) is 56.9 Å². The second-order valence-corrected chi connectivity index (χ2v) is 5.47. The lowest BCUT2D eigenvalue weighted by atomic mass is 9.82. The number of nitrogens with one attached hydrogen (secondary N) is 1. The summed E-state index contributed by atoms with van der Waals surface area (Å²) in [5.74, 6) is 0.745. The van der Waals surface area contributed by atoms with E-state index in [2.05, 4.69) is 36.2 Å². The summed E-state index contributed by atoms with van der Waals surface area (Å²) >= 11 is 0. The van der Waals surface area contributed by atoms with Gasteiger partial charge in [-0.25, -0.2) is 4.99 Å². The SMILES string of the molecule is CCCCC[NH+]=C1CC(=O)C[C@H](c2ccccc2)C1. The van der Waals surface area contributed by atoms with Gasteiger partial charge >= 0.3 is 0 Å². The van der Waals surface area contributed by atoms with Crippen molar-refractivity contribution in [1.29, 1.82) is 0 Å². The van der Waals surface area contributed by atoms with Gasteiger partial charge in [0.05, 0.1) is 6.42 Å². The van der Waals surface area contributed by atoms with E-state index in [0.29, 0.717) is 24.5 Å². The van der Waals surface area contributed by atoms with Gasteiger partial charge in [-0.2, -0.15) is 0 Å². The predicted octanol–water partition coefficient (Wildman–Crippen LogP) is 2.23. The highest BCUT2D eigenvalue weighted by atomic mass is 16.1. The Bertz CT molecular complexity index is 436. The first-order valence-electron chi connectivity index (χ1n) is 7.44. The van der Waals surface area contributed by atoms with Gasteiger partial charge in [-0.1, -0.05) is 43.7 Å². The number of unbranched alkanes of at least 4 members (excludes halogenated alkanes) is 2. The Morgan fingerprint density at radius 3 is 2.68 bits per heavy atom. The van der Waals surface area contributed by atoms with Crippen LogP contribution in [0.2, 0.25) is 0 Å². The molecule has 0 bridgehead atoms. The molecule has 102 valence electrons. The third-order valence-corrected chi connectivity index (χ3v) is 3.80. The van der Waals surface area contributed by atoms with Crippen molar-refractivity contribution in [2.45, 2.75) is 51.4 Å². The lowest BCUT2D eigenvalue weighted by Crippen LogP contribution is -2.74. The molecule has 1 aliphatic rings. The zero-order valence-corrected chi connectivity index (χ0v) is 11.8. The van der Waals surface area contributed by atoms with Crippen molar-refractivity contribution in [2.75, 3.05) is 6.54 Å². The third kappa shape index (κ3) is 4.30. The minimum absolute atomic E-state index is 0.371. The average Bonchev–Trinajstić information content (AvgIpc) is 2.44. The van der Waals surface area contributed by atoms with Gasteiger partial charge in [-0.3, -0.25) is 4.79 Å². The summed E-state index contributed by atoms with van der Waals surface area (Å²) in [5.41, 5.74) is 2.53. The molecule has 0 radical (unpaired) electrons. The van der Waals surface area contributed by atoms with Crippen molar-refractivity contribution >= 4 is 11.5 Å². The minimum Gasteiger partial charge on any atom is -0.299 e. The molecule has 2 heteroatoms. The van der Waals surface area contributed by atoms with Crippen LogP contribution in [0, 0.1) is 0 Å². The van der Waals surface area contributed by atoms with Crippen LogP contribution in [-0.2, 0) is 4.79 Å². The molecule has 1 saturated carbocycles. The zero-order valence-electron chi connectivity index (χ0n) is 11.8. The molecule has 1 aromatic rings. The van der Waals surface area contributed by atoms with Gasteiger partial charge in [0.15, 0.2) is 5.71 Å². The molecule has 0 saturated heterocycles. The summed E-state index contributed by atoms with van der Waals surface area (Å²) in [6, 6.07) is 10.4. The van der Waals surface area contributed by atoms with Gasteiger partial charge in [-0.15, -0.1) is 0 Å². The fraction of sp³-hybridized carbons (Fsp3) is 0.529. The van der Waals surface area contributed by atoms with Crippen molar-refractivity contribution in [3.05, 3.63) is 35.9 Å². The monoisotopic (exact) mass is 258 g/mol. The first-order chi connectivity index (χ1) is 9.29. The number of hydrogen-bond donors (Lipinski definition) is 1. The molecular formula is C17H24NO+. The molecule has 1 aliphatic carbocycles. The number of carbonyl (C=O) groups is 1. The van der Waals surface area contributed by atoms with Gasteiger partial charge in [-0.05, 0) is 12.0 Å². The highest BCUT2D eigenvalue weighted by Crippen LogP contribution is 2.28. The molecule has 0 amide bonds. The molecular weight excluding hydrogens is 234 g/mol. The Hall–Kier alpha value is -1.44. The van der Waals surface area contributed by atoms with E-state index in [0.717, 1.165) is 13.0 Å². The maximum atomic E-state index is 11.9. The van der Waals surface area contributed by atoms with E-state index in [1.807, 2.05) is 6.07 Å². The summed E-state index contributed by atoms with van der Waals surface area (Å²) in [6.45, 7) is 3.22. The van der Waals surface area contributed by atoms with Crippen molar-refractivity contribution in [3.63, 3.8) is 0 Å². The molecule has 1 aromatic carbocycles. The van der Waals surface area contributed by atoms with Crippen LogP contribution in [0.25, 0.3) is 0 Å². The Morgan fingerprint density at radius 2 is 1.95 bits per heavy atom. The fourth-order valence-electron chi connectivity index (χ4n) is 2.76. The van der Waals surface area contributed by atoms with Crippen LogP contribution >= 0.6 is 0 Å². The molecule has 0 aliphatic heterocycles. The molecule has 1 atom stereocenters. The van der Waals surface area contributed by atoms with Crippen LogP contribution in [-0.4, -0.2) is 18.0 Å². The Kier molecular flexibility index (Phi) is 5.31. The molecule has 19 heavy (non-hydrogen) atoms. The quantitative estimate of drug-likeness (QED) is 0.807. The van der Waals surface area contributed by atoms with Gasteiger partial charge in [0.2, 0.25) is 0 Å². The van der Waals surface area contributed by atoms with E-state index in [9.17, 15) is 4.79 Å². The normalized spacial score (nSPS) is 21.8. The number of benzene rings is 1. The smallest absolute Gasteiger partial charge is 0.158 e. The van der Waals surface area contributed by atoms with Crippen LogP contribution in [0.4, 0.5) is 0 Å². The van der Waals surface area contributed by atoms with E-state index in [4.69, 9.17) is 0 Å². The van der Waals surface area contributed by atoms with Crippen LogP contribution in [0.3, 0.4) is 0 Å². The molecule has 0 spiro atoms. The average molecular weight is 258 g/mol. The zero-order chi connectivity index (χ0) is 13.5. The van der Waals surface area contributed by atoms with Gasteiger partial charge in [0.25, 0.3) is 0 Å². The Labute approximate surface area is 115 Å². The van der Waals surface area contributed by atoms with Crippen LogP contribution in [0.5, 0.6) is 0 Å². The van der Waals surface area contributed by atoms with Crippen molar-refractivity contribution < 1.29 is 9.79 Å². The number of Topliss-reactive ketones (excluding diaryl/α,β-unsaturated/α-hetero) is 1. The molecule has 2 rings (SSSR count). The molecule has 1 fully saturated rings. The van der Waals surface area contributed by atoms with Crippen molar-refractivity contribution in [1.82, 2.24) is 0 Å². The molecule has 2 nitrogen and oxygen atoms in total. The maximum absolute atomic E-state index is 11.9. The maximum Gasteiger partial charge on any atom is 0.158 e. The van der Waals surface area contributed by atoms with Crippen LogP contribution < -0.4 is 4.99 Å². The van der Waals surface area contributed by atoms with Gasteiger partial charge < -0.3 is 0 Å². The predicted molar refractivity (Wildman–Crippen MR) is 78.4 cm³/mol. The highest BCUT2D eigenvalue weighted by Gasteiger charge is 2.28. The summed E-state index contributed by atoms with van der Waals surface area (Å²) in [4.78, 5) is 15.4. The molecule has 1 N–H and O–H groups in total. The standard InChI is InChI=1S/C17H23NO/c1-2-3-7-10-18-16-11-15(12-17(19)13-16)14-8-5-4-6-9-14/h4-6,8-9,15H,2-3,7,10-13H2,1H3/p+1/t15-/m1/s1. The fourth-order valence-corrected chi connectivity index (χ4v) is 2.76. The topological polar surface area (TPSA) is 31.0 Å². The largest absolute Gasteiger partial charge is 0.299 e. The first kappa shape index (κ1) is 14.0. The van der Waals surface area contributed by atoms with Gasteiger partial charge in [0, 0.05) is 25.2 Å². The summed E-state index contributed by atoms with van der Waals surface area (Å²) in [5, 5.41) is 0. The van der Waals surface area contributed by atoms with Crippen molar-refractivity contribution in [3.8, 4) is 0 Å². The van der Waals surface area contributed by atoms with E-state index in [1.54, 1.807) is 0 Å². The second kappa shape index (κ2) is 7.22. The second-order valence-electron chi connectivity index (χ2n) is 5.47.